The standard InChI is InChI=1S/C24H23ClF3NO4S/c1-12-17-16(34-20(12)25)10-9-15(21(30)29-19(22(31)32)23(2,3)4)18(17)33-11-13-5-7-14(8-6-13)24(26,27)28/h5-10,19H,11H2,1-4H3,(H,29,30)(H,31,32). The highest BCUT2D eigenvalue weighted by molar-refractivity contribution is 7.23. The maximum Gasteiger partial charge on any atom is 0.416 e. The molecule has 34 heavy (non-hydrogen) atoms. The molecule has 3 aromatic rings. The van der Waals surface area contributed by atoms with E-state index in [0.29, 0.717) is 20.8 Å². The molecule has 0 spiro atoms. The zero-order valence-electron chi connectivity index (χ0n) is 18.8. The molecule has 0 radical (unpaired) electrons. The first-order valence-electron chi connectivity index (χ1n) is 10.2. The molecule has 2 aromatic carbocycles. The Kier molecular flexibility index (Phi) is 7.19. The summed E-state index contributed by atoms with van der Waals surface area (Å²) in [6.45, 7) is 6.75. The third-order valence-corrected chi connectivity index (χ3v) is 6.85. The van der Waals surface area contributed by atoms with Crippen molar-refractivity contribution in [2.45, 2.75) is 46.5 Å². The van der Waals surface area contributed by atoms with E-state index in [-0.39, 0.29) is 17.9 Å². The highest BCUT2D eigenvalue weighted by Crippen LogP contribution is 2.42. The van der Waals surface area contributed by atoms with E-state index in [1.165, 1.54) is 29.5 Å². The number of carboxylic acid groups (broad SMARTS) is 1. The number of fused-ring (bicyclic) bond motifs is 1. The molecule has 10 heteroatoms. The number of alkyl halides is 3. The number of nitrogens with one attached hydrogen (secondary N) is 1. The summed E-state index contributed by atoms with van der Waals surface area (Å²) in [4.78, 5) is 24.9. The van der Waals surface area contributed by atoms with Crippen LogP contribution in [0.15, 0.2) is 36.4 Å². The van der Waals surface area contributed by atoms with E-state index in [2.05, 4.69) is 5.32 Å². The Labute approximate surface area is 203 Å². The summed E-state index contributed by atoms with van der Waals surface area (Å²) < 4.78 is 45.8. The molecule has 3 rings (SSSR count). The van der Waals surface area contributed by atoms with Crippen LogP contribution in [-0.2, 0) is 17.6 Å². The van der Waals surface area contributed by atoms with Gasteiger partial charge < -0.3 is 15.2 Å². The zero-order valence-corrected chi connectivity index (χ0v) is 20.4. The third kappa shape index (κ3) is 5.47. The summed E-state index contributed by atoms with van der Waals surface area (Å²) in [7, 11) is 0. The molecule has 1 atom stereocenters. The van der Waals surface area contributed by atoms with E-state index in [1.807, 2.05) is 0 Å². The van der Waals surface area contributed by atoms with Gasteiger partial charge in [-0.05, 0) is 47.7 Å². The number of benzene rings is 2. The van der Waals surface area contributed by atoms with Crippen molar-refractivity contribution in [3.05, 3.63) is 63.0 Å². The lowest BCUT2D eigenvalue weighted by molar-refractivity contribution is -0.142. The van der Waals surface area contributed by atoms with Crippen LogP contribution in [0.25, 0.3) is 10.1 Å². The van der Waals surface area contributed by atoms with Gasteiger partial charge in [-0.2, -0.15) is 13.2 Å². The number of ether oxygens (including phenoxy) is 1. The minimum absolute atomic E-state index is 0.104. The molecule has 1 heterocycles. The van der Waals surface area contributed by atoms with E-state index in [4.69, 9.17) is 16.3 Å². The average Bonchev–Trinajstić information content (AvgIpc) is 3.02. The minimum atomic E-state index is -4.45. The highest BCUT2D eigenvalue weighted by Gasteiger charge is 2.34. The minimum Gasteiger partial charge on any atom is -0.487 e. The van der Waals surface area contributed by atoms with Crippen molar-refractivity contribution in [3.8, 4) is 5.75 Å². The summed E-state index contributed by atoms with van der Waals surface area (Å²) in [5, 5.41) is 12.7. The third-order valence-electron chi connectivity index (χ3n) is 5.29. The van der Waals surface area contributed by atoms with Crippen molar-refractivity contribution < 1.29 is 32.6 Å². The molecule has 1 amide bonds. The van der Waals surface area contributed by atoms with Crippen LogP contribution in [0.1, 0.15) is 47.8 Å². The largest absolute Gasteiger partial charge is 0.487 e. The maximum atomic E-state index is 13.1. The van der Waals surface area contributed by atoms with Crippen LogP contribution in [0.3, 0.4) is 0 Å². The number of carbonyl (C=O) groups excluding carboxylic acids is 1. The number of carbonyl (C=O) groups is 2. The monoisotopic (exact) mass is 513 g/mol. The summed E-state index contributed by atoms with van der Waals surface area (Å²) in [6.07, 6.45) is -4.45. The molecular weight excluding hydrogens is 491 g/mol. The van der Waals surface area contributed by atoms with Crippen LogP contribution in [0.2, 0.25) is 4.34 Å². The molecule has 5 nitrogen and oxygen atoms in total. The SMILES string of the molecule is Cc1c(Cl)sc2ccc(C(=O)NC(C(=O)O)C(C)(C)C)c(OCc3ccc(C(F)(F)F)cc3)c12. The molecule has 2 N–H and O–H groups in total. The number of amides is 1. The Hall–Kier alpha value is -2.78. The van der Waals surface area contributed by atoms with Gasteiger partial charge in [-0.15, -0.1) is 11.3 Å². The summed E-state index contributed by atoms with van der Waals surface area (Å²) in [5.74, 6) is -1.63. The smallest absolute Gasteiger partial charge is 0.416 e. The first kappa shape index (κ1) is 25.8. The number of rotatable bonds is 6. The van der Waals surface area contributed by atoms with Gasteiger partial charge in [0, 0.05) is 10.1 Å². The topological polar surface area (TPSA) is 75.6 Å². The number of hydrogen-bond donors (Lipinski definition) is 2. The number of carboxylic acids is 1. The van der Waals surface area contributed by atoms with Crippen molar-refractivity contribution in [3.63, 3.8) is 0 Å². The molecule has 0 aliphatic heterocycles. The Morgan fingerprint density at radius 1 is 1.12 bits per heavy atom. The lowest BCUT2D eigenvalue weighted by Gasteiger charge is -2.28. The number of thiophene rings is 1. The predicted molar refractivity (Wildman–Crippen MR) is 126 cm³/mol. The summed E-state index contributed by atoms with van der Waals surface area (Å²) >= 11 is 7.59. The van der Waals surface area contributed by atoms with E-state index in [9.17, 15) is 27.9 Å². The molecule has 0 fully saturated rings. The van der Waals surface area contributed by atoms with Crippen molar-refractivity contribution in [2.24, 2.45) is 5.41 Å². The Morgan fingerprint density at radius 2 is 1.74 bits per heavy atom. The average molecular weight is 514 g/mol. The lowest BCUT2D eigenvalue weighted by Crippen LogP contribution is -2.49. The Bertz CT molecular complexity index is 1230. The van der Waals surface area contributed by atoms with Gasteiger partial charge in [-0.25, -0.2) is 4.79 Å². The number of aliphatic carboxylic acids is 1. The molecule has 182 valence electrons. The fourth-order valence-electron chi connectivity index (χ4n) is 3.41. The van der Waals surface area contributed by atoms with Crippen molar-refractivity contribution in [2.75, 3.05) is 0 Å². The first-order chi connectivity index (χ1) is 15.7. The normalized spacial score (nSPS) is 13.1. The van der Waals surface area contributed by atoms with Crippen molar-refractivity contribution >= 4 is 44.9 Å². The first-order valence-corrected chi connectivity index (χ1v) is 11.4. The molecule has 0 saturated carbocycles. The molecule has 1 unspecified atom stereocenters. The van der Waals surface area contributed by atoms with Gasteiger partial charge >= 0.3 is 12.1 Å². The lowest BCUT2D eigenvalue weighted by atomic mass is 9.86. The van der Waals surface area contributed by atoms with Crippen molar-refractivity contribution in [1.82, 2.24) is 5.32 Å². The van der Waals surface area contributed by atoms with E-state index < -0.39 is 35.1 Å². The Morgan fingerprint density at radius 3 is 2.26 bits per heavy atom. The van der Waals surface area contributed by atoms with Crippen LogP contribution in [0.4, 0.5) is 13.2 Å². The van der Waals surface area contributed by atoms with Gasteiger partial charge in [0.15, 0.2) is 0 Å². The fourth-order valence-corrected chi connectivity index (χ4v) is 4.68. The second-order valence-corrected chi connectivity index (χ2v) is 10.6. The number of aryl methyl sites for hydroxylation is 1. The Balaban J connectivity index is 1.99. The molecule has 0 aliphatic carbocycles. The fraction of sp³-hybridized carbons (Fsp3) is 0.333. The van der Waals surface area contributed by atoms with Gasteiger partial charge in [-0.1, -0.05) is 44.5 Å². The van der Waals surface area contributed by atoms with E-state index in [0.717, 1.165) is 16.8 Å². The maximum absolute atomic E-state index is 13.1. The van der Waals surface area contributed by atoms with E-state index >= 15 is 0 Å². The predicted octanol–water partition coefficient (Wildman–Crippen LogP) is 6.69. The number of hydrogen-bond acceptors (Lipinski definition) is 4. The van der Waals surface area contributed by atoms with Gasteiger partial charge in [0.2, 0.25) is 0 Å². The van der Waals surface area contributed by atoms with Crippen molar-refractivity contribution in [1.29, 1.82) is 0 Å². The highest BCUT2D eigenvalue weighted by atomic mass is 35.5. The van der Waals surface area contributed by atoms with Crippen LogP contribution in [0, 0.1) is 12.3 Å². The van der Waals surface area contributed by atoms with E-state index in [1.54, 1.807) is 33.8 Å². The van der Waals surface area contributed by atoms with Crippen LogP contribution < -0.4 is 10.1 Å². The van der Waals surface area contributed by atoms with Gasteiger partial charge in [0.05, 0.1) is 15.5 Å². The molecule has 0 saturated heterocycles. The molecule has 0 bridgehead atoms. The zero-order chi connectivity index (χ0) is 25.4. The van der Waals surface area contributed by atoms with Gasteiger partial charge in [-0.3, -0.25) is 4.79 Å². The quantitative estimate of drug-likeness (QED) is 0.385. The molecular formula is C24H23ClF3NO4S. The second kappa shape index (κ2) is 9.46. The van der Waals surface area contributed by atoms with Gasteiger partial charge in [0.1, 0.15) is 18.4 Å². The molecule has 0 aliphatic rings. The summed E-state index contributed by atoms with van der Waals surface area (Å²) in [5.41, 5.74) is -0.278. The van der Waals surface area contributed by atoms with Crippen LogP contribution in [-0.4, -0.2) is 23.0 Å². The number of halogens is 4. The van der Waals surface area contributed by atoms with Crippen LogP contribution >= 0.6 is 22.9 Å². The van der Waals surface area contributed by atoms with Gasteiger partial charge in [0.25, 0.3) is 5.91 Å². The molecule has 1 aromatic heterocycles. The second-order valence-electron chi connectivity index (χ2n) is 8.91. The van der Waals surface area contributed by atoms with Crippen LogP contribution in [0.5, 0.6) is 5.75 Å². The summed E-state index contributed by atoms with van der Waals surface area (Å²) in [6, 6.07) is 6.58.